The summed E-state index contributed by atoms with van der Waals surface area (Å²) in [5.41, 5.74) is 4.69. The lowest BCUT2D eigenvalue weighted by Crippen LogP contribution is -1.92. The number of aryl methyl sites for hydroxylation is 2. The first-order valence-electron chi connectivity index (χ1n) is 7.44. The van der Waals surface area contributed by atoms with Gasteiger partial charge in [-0.25, -0.2) is 4.98 Å². The number of ether oxygens (including phenoxy) is 1. The molecule has 0 aliphatic carbocycles. The van der Waals surface area contributed by atoms with Gasteiger partial charge < -0.3 is 14.6 Å². The van der Waals surface area contributed by atoms with Gasteiger partial charge in [-0.05, 0) is 39.0 Å². The van der Waals surface area contributed by atoms with Crippen LogP contribution in [-0.2, 0) is 7.05 Å². The molecular weight excluding hydrogens is 294 g/mol. The molecule has 4 nitrogen and oxygen atoms in total. The van der Waals surface area contributed by atoms with Crippen molar-refractivity contribution in [3.8, 4) is 17.0 Å². The van der Waals surface area contributed by atoms with E-state index in [0.717, 1.165) is 16.6 Å². The summed E-state index contributed by atoms with van der Waals surface area (Å²) in [4.78, 5) is 5.98. The van der Waals surface area contributed by atoms with Gasteiger partial charge in [-0.15, -0.1) is 11.3 Å². The number of aromatic nitrogens is 2. The molecule has 0 aliphatic heterocycles. The maximum absolute atomic E-state index is 5.67. The minimum absolute atomic E-state index is 0.673. The van der Waals surface area contributed by atoms with Crippen molar-refractivity contribution in [1.82, 2.24) is 9.55 Å². The monoisotopic (exact) mass is 315 g/mol. The quantitative estimate of drug-likeness (QED) is 0.777. The summed E-state index contributed by atoms with van der Waals surface area (Å²) < 4.78 is 7.89. The highest BCUT2D eigenvalue weighted by Gasteiger charge is 2.19. The number of benzene rings is 1. The minimum atomic E-state index is 0.673. The Labute approximate surface area is 134 Å². The molecule has 3 aromatic rings. The lowest BCUT2D eigenvalue weighted by atomic mass is 10.1. The summed E-state index contributed by atoms with van der Waals surface area (Å²) in [5.74, 6) is 0.906. The minimum Gasteiger partial charge on any atom is -0.494 e. The highest BCUT2D eigenvalue weighted by Crippen LogP contribution is 2.39. The van der Waals surface area contributed by atoms with E-state index < -0.39 is 0 Å². The average molecular weight is 315 g/mol. The molecule has 0 saturated heterocycles. The standard InChI is InChI=1S/C17H21N3OS/c1-6-21-12-7-8-14-13(9-12)15(10(2)20(14)5)16-11(3)22-17(18-4)19-16/h7-9H,6H2,1-5H3,(H,18,19). The van der Waals surface area contributed by atoms with E-state index in [1.807, 2.05) is 20.0 Å². The van der Waals surface area contributed by atoms with Gasteiger partial charge in [-0.3, -0.25) is 0 Å². The molecule has 1 N–H and O–H groups in total. The summed E-state index contributed by atoms with van der Waals surface area (Å²) in [6.45, 7) is 6.95. The van der Waals surface area contributed by atoms with E-state index in [9.17, 15) is 0 Å². The van der Waals surface area contributed by atoms with Crippen molar-refractivity contribution in [3.05, 3.63) is 28.8 Å². The van der Waals surface area contributed by atoms with Crippen LogP contribution in [0.15, 0.2) is 18.2 Å². The van der Waals surface area contributed by atoms with Crippen molar-refractivity contribution in [2.24, 2.45) is 7.05 Å². The first-order chi connectivity index (χ1) is 10.6. The van der Waals surface area contributed by atoms with Gasteiger partial charge in [0.05, 0.1) is 12.3 Å². The molecule has 1 aromatic carbocycles. The number of anilines is 1. The molecule has 0 fully saturated rings. The van der Waals surface area contributed by atoms with Gasteiger partial charge in [0.15, 0.2) is 5.13 Å². The highest BCUT2D eigenvalue weighted by atomic mass is 32.1. The fraction of sp³-hybridized carbons (Fsp3) is 0.353. The molecule has 0 spiro atoms. The molecule has 3 rings (SSSR count). The normalized spacial score (nSPS) is 11.1. The maximum atomic E-state index is 5.67. The predicted molar refractivity (Wildman–Crippen MR) is 94.2 cm³/mol. The van der Waals surface area contributed by atoms with E-state index >= 15 is 0 Å². The molecule has 0 bridgehead atoms. The van der Waals surface area contributed by atoms with Gasteiger partial charge >= 0.3 is 0 Å². The second-order valence-electron chi connectivity index (χ2n) is 5.31. The average Bonchev–Trinajstić information content (AvgIpc) is 2.98. The molecule has 0 radical (unpaired) electrons. The van der Waals surface area contributed by atoms with Crippen molar-refractivity contribution in [2.45, 2.75) is 20.8 Å². The molecule has 0 aliphatic rings. The van der Waals surface area contributed by atoms with E-state index in [1.165, 1.54) is 27.0 Å². The second-order valence-corrected chi connectivity index (χ2v) is 6.51. The lowest BCUT2D eigenvalue weighted by molar-refractivity contribution is 0.341. The zero-order valence-corrected chi connectivity index (χ0v) is 14.5. The second kappa shape index (κ2) is 5.65. The third-order valence-electron chi connectivity index (χ3n) is 4.02. The predicted octanol–water partition coefficient (Wildman–Crippen LogP) is 4.36. The summed E-state index contributed by atoms with van der Waals surface area (Å²) in [6, 6.07) is 6.28. The summed E-state index contributed by atoms with van der Waals surface area (Å²) in [6.07, 6.45) is 0. The Hall–Kier alpha value is -2.01. The number of fused-ring (bicyclic) bond motifs is 1. The molecule has 2 aromatic heterocycles. The number of nitrogens with one attached hydrogen (secondary N) is 1. The number of nitrogens with zero attached hydrogens (tertiary/aromatic N) is 2. The zero-order valence-electron chi connectivity index (χ0n) is 13.7. The lowest BCUT2D eigenvalue weighted by Gasteiger charge is -2.04. The van der Waals surface area contributed by atoms with Gasteiger partial charge in [-0.2, -0.15) is 0 Å². The number of hydrogen-bond donors (Lipinski definition) is 1. The van der Waals surface area contributed by atoms with Crippen LogP contribution >= 0.6 is 11.3 Å². The van der Waals surface area contributed by atoms with E-state index in [2.05, 4.69) is 42.9 Å². The fourth-order valence-electron chi connectivity index (χ4n) is 2.84. The first-order valence-corrected chi connectivity index (χ1v) is 8.25. The van der Waals surface area contributed by atoms with E-state index in [-0.39, 0.29) is 0 Å². The van der Waals surface area contributed by atoms with Crippen molar-refractivity contribution >= 4 is 27.4 Å². The van der Waals surface area contributed by atoms with Crippen LogP contribution < -0.4 is 10.1 Å². The molecule has 0 atom stereocenters. The largest absolute Gasteiger partial charge is 0.494 e. The van der Waals surface area contributed by atoms with Crippen LogP contribution in [0.3, 0.4) is 0 Å². The van der Waals surface area contributed by atoms with Crippen LogP contribution in [-0.4, -0.2) is 23.2 Å². The third-order valence-corrected chi connectivity index (χ3v) is 5.01. The van der Waals surface area contributed by atoms with Crippen molar-refractivity contribution in [3.63, 3.8) is 0 Å². The molecule has 0 unspecified atom stereocenters. The van der Waals surface area contributed by atoms with E-state index in [4.69, 9.17) is 9.72 Å². The molecule has 0 amide bonds. The van der Waals surface area contributed by atoms with Crippen LogP contribution in [0.1, 0.15) is 17.5 Å². The number of hydrogen-bond acceptors (Lipinski definition) is 4. The van der Waals surface area contributed by atoms with E-state index in [0.29, 0.717) is 6.61 Å². The molecule has 2 heterocycles. The van der Waals surface area contributed by atoms with Crippen LogP contribution in [0.2, 0.25) is 0 Å². The highest BCUT2D eigenvalue weighted by molar-refractivity contribution is 7.16. The Bertz CT molecular complexity index is 832. The molecule has 116 valence electrons. The van der Waals surface area contributed by atoms with Crippen molar-refractivity contribution in [2.75, 3.05) is 19.0 Å². The Kier molecular flexibility index (Phi) is 3.83. The number of rotatable bonds is 4. The first kappa shape index (κ1) is 14.9. The molecule has 22 heavy (non-hydrogen) atoms. The smallest absolute Gasteiger partial charge is 0.183 e. The van der Waals surface area contributed by atoms with Gasteiger partial charge in [0.1, 0.15) is 5.75 Å². The van der Waals surface area contributed by atoms with E-state index in [1.54, 1.807) is 11.3 Å². The van der Waals surface area contributed by atoms with Crippen molar-refractivity contribution < 1.29 is 4.74 Å². The maximum Gasteiger partial charge on any atom is 0.183 e. The van der Waals surface area contributed by atoms with Gasteiger partial charge in [0.2, 0.25) is 0 Å². The molecular formula is C17H21N3OS. The van der Waals surface area contributed by atoms with Crippen molar-refractivity contribution in [1.29, 1.82) is 0 Å². The number of thiazole rings is 1. The Morgan fingerprint density at radius 2 is 2.09 bits per heavy atom. The van der Waals surface area contributed by atoms with Crippen LogP contribution in [0.25, 0.3) is 22.2 Å². The Balaban J connectivity index is 2.29. The van der Waals surface area contributed by atoms with Crippen LogP contribution in [0, 0.1) is 13.8 Å². The topological polar surface area (TPSA) is 39.1 Å². The third kappa shape index (κ3) is 2.25. The van der Waals surface area contributed by atoms with Gasteiger partial charge in [0, 0.05) is 41.1 Å². The molecule has 0 saturated carbocycles. The van der Waals surface area contributed by atoms with Gasteiger partial charge in [0.25, 0.3) is 0 Å². The van der Waals surface area contributed by atoms with Crippen LogP contribution in [0.4, 0.5) is 5.13 Å². The molecule has 5 heteroatoms. The summed E-state index contributed by atoms with van der Waals surface area (Å²) in [5, 5.41) is 5.29. The summed E-state index contributed by atoms with van der Waals surface area (Å²) in [7, 11) is 4.01. The Morgan fingerprint density at radius 3 is 2.73 bits per heavy atom. The zero-order chi connectivity index (χ0) is 15.9. The Morgan fingerprint density at radius 1 is 1.32 bits per heavy atom. The SMILES string of the molecule is CCOc1ccc2c(c1)c(-c1nc(NC)sc1C)c(C)n2C. The fourth-order valence-corrected chi connectivity index (χ4v) is 3.62. The van der Waals surface area contributed by atoms with Gasteiger partial charge in [-0.1, -0.05) is 0 Å². The summed E-state index contributed by atoms with van der Waals surface area (Å²) >= 11 is 1.69. The van der Waals surface area contributed by atoms with Crippen LogP contribution in [0.5, 0.6) is 5.75 Å².